The van der Waals surface area contributed by atoms with Crippen molar-refractivity contribution in [2.75, 3.05) is 5.32 Å². The lowest BCUT2D eigenvalue weighted by Crippen LogP contribution is -2.38. The zero-order chi connectivity index (χ0) is 30.3. The molecule has 3 aromatic heterocycles. The molecule has 6 nitrogen and oxygen atoms in total. The summed E-state index contributed by atoms with van der Waals surface area (Å²) in [5.41, 5.74) is 10.1. The van der Waals surface area contributed by atoms with Crippen LogP contribution in [-0.2, 0) is 5.54 Å². The molecule has 0 aliphatic rings. The van der Waals surface area contributed by atoms with Crippen LogP contribution in [0.25, 0.3) is 22.2 Å². The van der Waals surface area contributed by atoms with Crippen LogP contribution < -0.4 is 5.32 Å². The molecule has 0 aliphatic carbocycles. The molecule has 0 radical (unpaired) electrons. The number of pyridine rings is 1. The predicted molar refractivity (Wildman–Crippen MR) is 176 cm³/mol. The fraction of sp³-hybridized carbons (Fsp3) is 0.132. The Labute approximate surface area is 257 Å². The van der Waals surface area contributed by atoms with E-state index in [1.54, 1.807) is 0 Å². The standard InChI is InChI=1S/C38H33N5O/c1-25-33(21-14-22-39-25)41-34-23-29(36-26(2)42-44-27(36)3)24-35-37(34)40-28(4)43(35)38(30-15-8-5-9-16-30,31-17-10-6-11-18-31)32-19-12-7-13-20-32/h5-24,41H,1-4H3. The summed E-state index contributed by atoms with van der Waals surface area (Å²) in [5, 5.41) is 7.97. The molecule has 7 aromatic rings. The summed E-state index contributed by atoms with van der Waals surface area (Å²) in [6, 6.07) is 40.5. The lowest BCUT2D eigenvalue weighted by molar-refractivity contribution is 0.393. The van der Waals surface area contributed by atoms with E-state index in [9.17, 15) is 0 Å². The average Bonchev–Trinajstić information content (AvgIpc) is 3.58. The first-order valence-electron chi connectivity index (χ1n) is 14.8. The van der Waals surface area contributed by atoms with Crippen LogP contribution >= 0.6 is 0 Å². The smallest absolute Gasteiger partial charge is 0.141 e. The highest BCUT2D eigenvalue weighted by atomic mass is 16.5. The molecule has 216 valence electrons. The molecule has 0 amide bonds. The molecule has 6 heteroatoms. The Kier molecular flexibility index (Phi) is 6.82. The average molecular weight is 576 g/mol. The maximum atomic E-state index is 5.65. The Morgan fingerprint density at radius 3 is 1.77 bits per heavy atom. The Morgan fingerprint density at radius 2 is 1.25 bits per heavy atom. The number of fused-ring (bicyclic) bond motifs is 1. The Morgan fingerprint density at radius 1 is 0.659 bits per heavy atom. The largest absolute Gasteiger partial charge is 0.361 e. The second-order valence-electron chi connectivity index (χ2n) is 11.2. The zero-order valence-electron chi connectivity index (χ0n) is 25.2. The number of nitrogens with one attached hydrogen (secondary N) is 1. The van der Waals surface area contributed by atoms with Gasteiger partial charge in [-0.1, -0.05) is 96.2 Å². The molecule has 44 heavy (non-hydrogen) atoms. The first-order valence-corrected chi connectivity index (χ1v) is 14.8. The third kappa shape index (κ3) is 4.38. The van der Waals surface area contributed by atoms with Gasteiger partial charge in [-0.05, 0) is 74.2 Å². The van der Waals surface area contributed by atoms with Crippen molar-refractivity contribution in [1.82, 2.24) is 19.7 Å². The van der Waals surface area contributed by atoms with Crippen LogP contribution in [0.4, 0.5) is 11.4 Å². The van der Waals surface area contributed by atoms with Crippen LogP contribution in [-0.4, -0.2) is 19.7 Å². The topological polar surface area (TPSA) is 68.8 Å². The number of aryl methyl sites for hydroxylation is 4. The van der Waals surface area contributed by atoms with Crippen LogP contribution in [0.3, 0.4) is 0 Å². The fourth-order valence-electron chi connectivity index (χ4n) is 6.54. The van der Waals surface area contributed by atoms with Crippen molar-refractivity contribution >= 4 is 22.4 Å². The van der Waals surface area contributed by atoms with Crippen molar-refractivity contribution in [1.29, 1.82) is 0 Å². The molecule has 3 heterocycles. The van der Waals surface area contributed by atoms with Gasteiger partial charge in [0.1, 0.15) is 22.6 Å². The third-order valence-electron chi connectivity index (χ3n) is 8.44. The third-order valence-corrected chi connectivity index (χ3v) is 8.44. The monoisotopic (exact) mass is 575 g/mol. The summed E-state index contributed by atoms with van der Waals surface area (Å²) in [6.07, 6.45) is 1.81. The lowest BCUT2D eigenvalue weighted by atomic mass is 9.76. The number of nitrogens with zero attached hydrogens (tertiary/aromatic N) is 4. The minimum atomic E-state index is -0.721. The van der Waals surface area contributed by atoms with Gasteiger partial charge in [-0.25, -0.2) is 4.98 Å². The number of anilines is 2. The Hall–Kier alpha value is -5.49. The number of hydrogen-bond donors (Lipinski definition) is 1. The van der Waals surface area contributed by atoms with Crippen molar-refractivity contribution in [2.45, 2.75) is 33.2 Å². The minimum absolute atomic E-state index is 0.721. The van der Waals surface area contributed by atoms with Crippen LogP contribution in [0, 0.1) is 27.7 Å². The molecular formula is C38H33N5O. The number of rotatable bonds is 7. The SMILES string of the molecule is Cc1ncccc1Nc1cc(-c2c(C)noc2C)cc2c1nc(C)n2C(c1ccccc1)(c1ccccc1)c1ccccc1. The molecule has 0 saturated heterocycles. The van der Waals surface area contributed by atoms with Crippen molar-refractivity contribution in [3.05, 3.63) is 161 Å². The number of aromatic nitrogens is 4. The molecule has 0 fully saturated rings. The van der Waals surface area contributed by atoms with E-state index in [1.165, 1.54) is 0 Å². The van der Waals surface area contributed by atoms with Gasteiger partial charge in [0.05, 0.1) is 28.3 Å². The second kappa shape index (κ2) is 11.0. The summed E-state index contributed by atoms with van der Waals surface area (Å²) in [6.45, 7) is 8.05. The van der Waals surface area contributed by atoms with Gasteiger partial charge in [0.2, 0.25) is 0 Å². The van der Waals surface area contributed by atoms with E-state index in [0.29, 0.717) is 0 Å². The highest BCUT2D eigenvalue weighted by molar-refractivity contribution is 5.96. The first kappa shape index (κ1) is 27.3. The summed E-state index contributed by atoms with van der Waals surface area (Å²) >= 11 is 0. The van der Waals surface area contributed by atoms with Gasteiger partial charge >= 0.3 is 0 Å². The van der Waals surface area contributed by atoms with Crippen LogP contribution in [0.1, 0.15) is 39.7 Å². The zero-order valence-corrected chi connectivity index (χ0v) is 25.2. The van der Waals surface area contributed by atoms with E-state index < -0.39 is 5.54 Å². The summed E-state index contributed by atoms with van der Waals surface area (Å²) in [5.74, 6) is 1.66. The second-order valence-corrected chi connectivity index (χ2v) is 11.2. The normalized spacial score (nSPS) is 11.6. The minimum Gasteiger partial charge on any atom is -0.361 e. The molecule has 0 bridgehead atoms. The van der Waals surface area contributed by atoms with Gasteiger partial charge in [-0.15, -0.1) is 0 Å². The van der Waals surface area contributed by atoms with Crippen molar-refractivity contribution < 1.29 is 4.52 Å². The highest BCUT2D eigenvalue weighted by Gasteiger charge is 2.41. The maximum Gasteiger partial charge on any atom is 0.141 e. The molecule has 7 rings (SSSR count). The van der Waals surface area contributed by atoms with Gasteiger partial charge in [0.25, 0.3) is 0 Å². The van der Waals surface area contributed by atoms with E-state index in [4.69, 9.17) is 9.51 Å². The van der Waals surface area contributed by atoms with Crippen molar-refractivity contribution in [2.24, 2.45) is 0 Å². The predicted octanol–water partition coefficient (Wildman–Crippen LogP) is 8.90. The molecule has 0 aliphatic heterocycles. The van der Waals surface area contributed by atoms with Gasteiger partial charge in [-0.3, -0.25) is 4.98 Å². The van der Waals surface area contributed by atoms with E-state index in [-0.39, 0.29) is 0 Å². The van der Waals surface area contributed by atoms with Gasteiger partial charge in [-0.2, -0.15) is 0 Å². The van der Waals surface area contributed by atoms with Crippen molar-refractivity contribution in [3.63, 3.8) is 0 Å². The van der Waals surface area contributed by atoms with E-state index >= 15 is 0 Å². The number of hydrogen-bond acceptors (Lipinski definition) is 5. The first-order chi connectivity index (χ1) is 21.5. The molecule has 1 N–H and O–H groups in total. The molecule has 4 aromatic carbocycles. The molecular weight excluding hydrogens is 542 g/mol. The van der Waals surface area contributed by atoms with Crippen LogP contribution in [0.2, 0.25) is 0 Å². The maximum absolute atomic E-state index is 5.65. The Bertz CT molecular complexity index is 1960. The van der Waals surface area contributed by atoms with Gasteiger partial charge < -0.3 is 14.4 Å². The highest BCUT2D eigenvalue weighted by Crippen LogP contribution is 2.45. The Balaban J connectivity index is 1.63. The van der Waals surface area contributed by atoms with Gasteiger partial charge in [0.15, 0.2) is 0 Å². The van der Waals surface area contributed by atoms with Crippen molar-refractivity contribution in [3.8, 4) is 11.1 Å². The molecule has 0 atom stereocenters. The molecule has 0 unspecified atom stereocenters. The van der Waals surface area contributed by atoms with E-state index in [2.05, 4.69) is 130 Å². The summed E-state index contributed by atoms with van der Waals surface area (Å²) < 4.78 is 8.04. The quantitative estimate of drug-likeness (QED) is 0.192. The van der Waals surface area contributed by atoms with Gasteiger partial charge in [0, 0.05) is 11.8 Å². The molecule has 0 saturated carbocycles. The number of imidazole rings is 1. The summed E-state index contributed by atoms with van der Waals surface area (Å²) in [7, 11) is 0. The fourth-order valence-corrected chi connectivity index (χ4v) is 6.54. The van der Waals surface area contributed by atoms with E-state index in [1.807, 2.05) is 39.1 Å². The van der Waals surface area contributed by atoms with E-state index in [0.717, 1.165) is 73.2 Å². The van der Waals surface area contributed by atoms with Crippen LogP contribution in [0.5, 0.6) is 0 Å². The summed E-state index contributed by atoms with van der Waals surface area (Å²) in [4.78, 5) is 9.81. The molecule has 0 spiro atoms. The lowest BCUT2D eigenvalue weighted by Gasteiger charge is -2.39. The number of benzene rings is 4. The van der Waals surface area contributed by atoms with Crippen LogP contribution in [0.15, 0.2) is 126 Å².